The average Bonchev–Trinajstić information content (AvgIpc) is 2.95. The molecule has 0 aliphatic heterocycles. The molecule has 1 heterocycles. The Bertz CT molecular complexity index is 755. The molecule has 6 heteroatoms. The zero-order chi connectivity index (χ0) is 13.9. The first-order chi connectivity index (χ1) is 9.74. The van der Waals surface area contributed by atoms with Crippen LogP contribution >= 0.6 is 15.9 Å². The molecule has 100 valence electrons. The molecule has 1 N–H and O–H groups in total. The highest BCUT2D eigenvalue weighted by atomic mass is 79.9. The number of aromatic nitrogens is 3. The first kappa shape index (κ1) is 12.8. The quantitative estimate of drug-likeness (QED) is 0.803. The van der Waals surface area contributed by atoms with E-state index in [-0.39, 0.29) is 12.5 Å². The van der Waals surface area contributed by atoms with E-state index < -0.39 is 0 Å². The van der Waals surface area contributed by atoms with Gasteiger partial charge in [0.2, 0.25) is 5.91 Å². The summed E-state index contributed by atoms with van der Waals surface area (Å²) in [5.41, 5.74) is 0.786. The zero-order valence-electron chi connectivity index (χ0n) is 10.5. The van der Waals surface area contributed by atoms with E-state index in [9.17, 15) is 4.79 Å². The van der Waals surface area contributed by atoms with Crippen molar-refractivity contribution < 1.29 is 4.79 Å². The molecule has 0 aliphatic carbocycles. The molecule has 0 fully saturated rings. The number of hydrogen-bond acceptors (Lipinski definition) is 3. The van der Waals surface area contributed by atoms with Crippen LogP contribution in [0.15, 0.2) is 53.5 Å². The monoisotopic (exact) mass is 330 g/mol. The van der Waals surface area contributed by atoms with Gasteiger partial charge in [-0.15, -0.1) is 0 Å². The maximum absolute atomic E-state index is 12.0. The number of amides is 1. The van der Waals surface area contributed by atoms with Gasteiger partial charge in [0.05, 0.1) is 0 Å². The van der Waals surface area contributed by atoms with E-state index in [1.807, 2.05) is 36.4 Å². The standard InChI is InChI=1S/C14H11BrN4O/c15-12-5-6-13(11-4-2-1-3-10(11)12)18-14(20)7-19-9-16-8-17-19/h1-6,8-9H,7H2,(H,18,20). The third-order valence-corrected chi connectivity index (χ3v) is 3.61. The van der Waals surface area contributed by atoms with Crippen LogP contribution in [0.4, 0.5) is 5.69 Å². The van der Waals surface area contributed by atoms with Crippen LogP contribution in [0.5, 0.6) is 0 Å². The number of carbonyl (C=O) groups is 1. The van der Waals surface area contributed by atoms with Crippen molar-refractivity contribution in [2.24, 2.45) is 0 Å². The first-order valence-electron chi connectivity index (χ1n) is 6.03. The van der Waals surface area contributed by atoms with E-state index in [1.54, 1.807) is 0 Å². The van der Waals surface area contributed by atoms with Crippen molar-refractivity contribution >= 4 is 38.3 Å². The van der Waals surface area contributed by atoms with Crippen molar-refractivity contribution in [3.63, 3.8) is 0 Å². The topological polar surface area (TPSA) is 59.8 Å². The van der Waals surface area contributed by atoms with Crippen LogP contribution in [0.3, 0.4) is 0 Å². The highest BCUT2D eigenvalue weighted by Crippen LogP contribution is 2.29. The predicted octanol–water partition coefficient (Wildman–Crippen LogP) is 2.83. The molecule has 0 bridgehead atoms. The molecule has 1 amide bonds. The van der Waals surface area contributed by atoms with Gasteiger partial charge in [0.15, 0.2) is 0 Å². The van der Waals surface area contributed by atoms with Crippen molar-refractivity contribution in [3.8, 4) is 0 Å². The van der Waals surface area contributed by atoms with Crippen molar-refractivity contribution in [1.29, 1.82) is 0 Å². The van der Waals surface area contributed by atoms with Gasteiger partial charge in [-0.1, -0.05) is 40.2 Å². The second-order valence-electron chi connectivity index (χ2n) is 4.28. The predicted molar refractivity (Wildman–Crippen MR) is 80.3 cm³/mol. The van der Waals surface area contributed by atoms with E-state index >= 15 is 0 Å². The van der Waals surface area contributed by atoms with Crippen LogP contribution in [0.1, 0.15) is 0 Å². The summed E-state index contributed by atoms with van der Waals surface area (Å²) in [4.78, 5) is 15.8. The maximum Gasteiger partial charge on any atom is 0.246 e. The summed E-state index contributed by atoms with van der Waals surface area (Å²) < 4.78 is 2.48. The highest BCUT2D eigenvalue weighted by Gasteiger charge is 2.08. The van der Waals surface area contributed by atoms with Crippen LogP contribution in [0.25, 0.3) is 10.8 Å². The van der Waals surface area contributed by atoms with Gasteiger partial charge >= 0.3 is 0 Å². The number of nitrogens with one attached hydrogen (secondary N) is 1. The molecule has 5 nitrogen and oxygen atoms in total. The van der Waals surface area contributed by atoms with E-state index in [2.05, 4.69) is 31.3 Å². The summed E-state index contributed by atoms with van der Waals surface area (Å²) in [6.07, 6.45) is 2.92. The van der Waals surface area contributed by atoms with Gasteiger partial charge in [-0.25, -0.2) is 9.67 Å². The maximum atomic E-state index is 12.0. The molecule has 0 saturated heterocycles. The summed E-state index contributed by atoms with van der Waals surface area (Å²) in [5.74, 6) is -0.136. The molecule has 0 atom stereocenters. The van der Waals surface area contributed by atoms with Crippen LogP contribution in [-0.2, 0) is 11.3 Å². The largest absolute Gasteiger partial charge is 0.324 e. The molecule has 0 unspecified atom stereocenters. The Hall–Kier alpha value is -2.21. The summed E-state index contributed by atoms with van der Waals surface area (Å²) >= 11 is 3.51. The summed E-state index contributed by atoms with van der Waals surface area (Å²) in [6, 6.07) is 11.7. The molecule has 0 aliphatic rings. The lowest BCUT2D eigenvalue weighted by Gasteiger charge is -2.10. The molecule has 1 aromatic heterocycles. The number of nitrogens with zero attached hydrogens (tertiary/aromatic N) is 3. The van der Waals surface area contributed by atoms with E-state index in [0.717, 1.165) is 20.9 Å². The fourth-order valence-corrected chi connectivity index (χ4v) is 2.50. The second kappa shape index (κ2) is 5.42. The molecule has 2 aromatic carbocycles. The molecule has 0 spiro atoms. The smallest absolute Gasteiger partial charge is 0.246 e. The summed E-state index contributed by atoms with van der Waals surface area (Å²) in [5, 5.41) is 8.87. The molecule has 3 rings (SSSR count). The lowest BCUT2D eigenvalue weighted by atomic mass is 10.1. The third-order valence-electron chi connectivity index (χ3n) is 2.92. The van der Waals surface area contributed by atoms with E-state index in [0.29, 0.717) is 0 Å². The number of halogens is 1. The number of carbonyl (C=O) groups excluding carboxylic acids is 1. The lowest BCUT2D eigenvalue weighted by molar-refractivity contribution is -0.116. The Balaban J connectivity index is 1.87. The minimum Gasteiger partial charge on any atom is -0.324 e. The number of anilines is 1. The zero-order valence-corrected chi connectivity index (χ0v) is 12.0. The van der Waals surface area contributed by atoms with Crippen molar-refractivity contribution in [2.75, 3.05) is 5.32 Å². The second-order valence-corrected chi connectivity index (χ2v) is 5.14. The molecule has 20 heavy (non-hydrogen) atoms. The van der Waals surface area contributed by atoms with Gasteiger partial charge < -0.3 is 5.32 Å². The number of rotatable bonds is 3. The van der Waals surface area contributed by atoms with Gasteiger partial charge in [-0.05, 0) is 17.5 Å². The summed E-state index contributed by atoms with van der Waals surface area (Å²) in [7, 11) is 0. The lowest BCUT2D eigenvalue weighted by Crippen LogP contribution is -2.19. The summed E-state index contributed by atoms with van der Waals surface area (Å²) in [6.45, 7) is 0.143. The van der Waals surface area contributed by atoms with E-state index in [1.165, 1.54) is 17.3 Å². The van der Waals surface area contributed by atoms with Gasteiger partial charge in [0.25, 0.3) is 0 Å². The van der Waals surface area contributed by atoms with Gasteiger partial charge in [-0.2, -0.15) is 5.10 Å². The fraction of sp³-hybridized carbons (Fsp3) is 0.0714. The Morgan fingerprint density at radius 3 is 2.75 bits per heavy atom. The van der Waals surface area contributed by atoms with Crippen molar-refractivity contribution in [2.45, 2.75) is 6.54 Å². The Labute approximate surface area is 123 Å². The molecular weight excluding hydrogens is 320 g/mol. The highest BCUT2D eigenvalue weighted by molar-refractivity contribution is 9.10. The van der Waals surface area contributed by atoms with E-state index in [4.69, 9.17) is 0 Å². The molecular formula is C14H11BrN4O. The van der Waals surface area contributed by atoms with Crippen LogP contribution in [-0.4, -0.2) is 20.7 Å². The minimum atomic E-state index is -0.136. The minimum absolute atomic E-state index is 0.136. The van der Waals surface area contributed by atoms with Crippen molar-refractivity contribution in [1.82, 2.24) is 14.8 Å². The number of benzene rings is 2. The number of fused-ring (bicyclic) bond motifs is 1. The van der Waals surface area contributed by atoms with Crippen LogP contribution in [0.2, 0.25) is 0 Å². The molecule has 0 radical (unpaired) electrons. The molecule has 3 aromatic rings. The Morgan fingerprint density at radius 2 is 2.00 bits per heavy atom. The van der Waals surface area contributed by atoms with Crippen LogP contribution in [0, 0.1) is 0 Å². The van der Waals surface area contributed by atoms with Crippen LogP contribution < -0.4 is 5.32 Å². The fourth-order valence-electron chi connectivity index (χ4n) is 2.02. The van der Waals surface area contributed by atoms with Gasteiger partial charge in [0.1, 0.15) is 19.2 Å². The Kier molecular flexibility index (Phi) is 3.47. The van der Waals surface area contributed by atoms with Crippen molar-refractivity contribution in [3.05, 3.63) is 53.5 Å². The SMILES string of the molecule is O=C(Cn1cncn1)Nc1ccc(Br)c2ccccc12. The normalized spacial score (nSPS) is 10.7. The molecule has 0 saturated carbocycles. The number of hydrogen-bond donors (Lipinski definition) is 1. The van der Waals surface area contributed by atoms with Gasteiger partial charge in [-0.3, -0.25) is 4.79 Å². The Morgan fingerprint density at radius 1 is 1.20 bits per heavy atom. The average molecular weight is 331 g/mol. The van der Waals surface area contributed by atoms with Gasteiger partial charge in [0, 0.05) is 15.5 Å². The first-order valence-corrected chi connectivity index (χ1v) is 6.83. The third kappa shape index (κ3) is 2.55.